The third kappa shape index (κ3) is 246. The average molecular weight is 759 g/mol. The molecule has 0 aliphatic rings. The molecule has 0 atom stereocenters. The Balaban J connectivity index is -0.00000000655. The van der Waals surface area contributed by atoms with Crippen LogP contribution in [0, 0.1) is 0 Å². The van der Waals surface area contributed by atoms with Crippen LogP contribution >= 0.6 is 97.6 Å². The summed E-state index contributed by atoms with van der Waals surface area (Å²) >= 11 is 10.1. The maximum absolute atomic E-state index is 8.06. The van der Waals surface area contributed by atoms with E-state index in [-0.39, 0.29) is 21.1 Å². The molecule has 13 heteroatoms. The second kappa shape index (κ2) is 284. The van der Waals surface area contributed by atoms with Gasteiger partial charge in [0.1, 0.15) is 0 Å². The Kier molecular flexibility index (Phi) is 963. The summed E-state index contributed by atoms with van der Waals surface area (Å²) in [5.41, 5.74) is 0. The molecule has 0 N–H and O–H groups in total. The molecule has 0 rings (SSSR count). The minimum atomic E-state index is 0. The summed E-state index contributed by atoms with van der Waals surface area (Å²) in [7, 11) is 0. The van der Waals surface area contributed by atoms with Crippen molar-refractivity contribution in [2.24, 2.45) is 0 Å². The van der Waals surface area contributed by atoms with Crippen molar-refractivity contribution >= 4 is 97.6 Å². The van der Waals surface area contributed by atoms with Crippen LogP contribution in [0.2, 0.25) is 0 Å². The largest absolute Gasteiger partial charge is 6.00 e. The fraction of sp³-hybridized carbons (Fsp3) is 0. The van der Waals surface area contributed by atoms with E-state index < -0.39 is 0 Å². The van der Waals surface area contributed by atoms with Crippen molar-refractivity contribution in [1.29, 1.82) is 0 Å². The molecule has 0 unspecified atom stereocenters. The van der Waals surface area contributed by atoms with Crippen molar-refractivity contribution in [3.8, 4) is 0 Å². The van der Waals surface area contributed by atoms with Gasteiger partial charge in [0.05, 0.1) is 0 Å². The fourth-order valence-corrected chi connectivity index (χ4v) is 0. The molecule has 0 saturated carbocycles. The van der Waals surface area contributed by atoms with E-state index >= 15 is 0 Å². The van der Waals surface area contributed by atoms with Gasteiger partial charge < -0.3 is 25.2 Å². The first-order valence-electron chi connectivity index (χ1n) is 0.926. The predicted molar refractivity (Wildman–Crippen MR) is 53.6 cm³/mol. The summed E-state index contributed by atoms with van der Waals surface area (Å²) in [4.78, 5) is 0. The van der Waals surface area contributed by atoms with E-state index in [0.29, 0.717) is 0 Å². The van der Waals surface area contributed by atoms with Gasteiger partial charge in [-0.2, -0.15) is 0 Å². The first-order chi connectivity index (χ1) is 6.00. The molecule has 0 radical (unpaired) electrons. The van der Waals surface area contributed by atoms with Crippen LogP contribution in [0.25, 0.3) is 0 Å². The van der Waals surface area contributed by atoms with Crippen LogP contribution < -0.4 is 25.2 Å². The van der Waals surface area contributed by atoms with Gasteiger partial charge in [0, 0.05) is 0 Å². The molecular weight excluding hydrogens is 759 g/mol. The Morgan fingerprint density at radius 1 is 0.308 bits per heavy atom. The van der Waals surface area contributed by atoms with E-state index in [2.05, 4.69) is 0 Å². The zero-order valence-electron chi connectivity index (χ0n) is 5.13. The molecule has 0 spiro atoms. The van der Waals surface area contributed by atoms with Crippen molar-refractivity contribution in [2.45, 2.75) is 0 Å². The zero-order chi connectivity index (χ0) is 12.0. The summed E-state index contributed by atoms with van der Waals surface area (Å²) in [5, 5.41) is 0. The first kappa shape index (κ1) is 44.1. The Bertz CT molecular complexity index is 17.1. The minimum absolute atomic E-state index is 0. The maximum Gasteiger partial charge on any atom is 6.00 e. The second-order valence-electron chi connectivity index (χ2n) is 0. The molecule has 13 heavy (non-hydrogen) atoms. The molecular formula is Br6O6W. The predicted octanol–water partition coefficient (Wildman–Crippen LogP) is -2.06. The fourth-order valence-electron chi connectivity index (χ4n) is 0. The molecule has 0 aliphatic heterocycles. The van der Waals surface area contributed by atoms with Crippen LogP contribution in [0.1, 0.15) is 0 Å². The van der Waals surface area contributed by atoms with Gasteiger partial charge in [0.25, 0.3) is 0 Å². The molecule has 0 aromatic carbocycles. The molecule has 0 fully saturated rings. The Morgan fingerprint density at radius 3 is 0.308 bits per heavy atom. The van der Waals surface area contributed by atoms with Crippen LogP contribution in [0.15, 0.2) is 0 Å². The van der Waals surface area contributed by atoms with Gasteiger partial charge in [-0.3, -0.25) is 0 Å². The van der Waals surface area contributed by atoms with Gasteiger partial charge in [-0.15, -0.1) is 0 Å². The van der Waals surface area contributed by atoms with Crippen LogP contribution in [0.4, 0.5) is 0 Å². The molecule has 0 heterocycles. The van der Waals surface area contributed by atoms with Gasteiger partial charge in [-0.25, -0.2) is 97.6 Å². The van der Waals surface area contributed by atoms with Gasteiger partial charge in [-0.1, -0.05) is 0 Å². The molecule has 0 aliphatic carbocycles. The van der Waals surface area contributed by atoms with E-state index in [1.165, 1.54) is 0 Å². The smallest absolute Gasteiger partial charge is 0.791 e. The van der Waals surface area contributed by atoms with Crippen molar-refractivity contribution in [3.63, 3.8) is 0 Å². The summed E-state index contributed by atoms with van der Waals surface area (Å²) in [5.74, 6) is 0. The van der Waals surface area contributed by atoms with Gasteiger partial charge in [0.15, 0.2) is 0 Å². The molecule has 0 aromatic rings. The monoisotopic (exact) mass is 753 g/mol. The van der Waals surface area contributed by atoms with Gasteiger partial charge in [-0.05, 0) is 0 Å². The third-order valence-corrected chi connectivity index (χ3v) is 0. The number of rotatable bonds is 0. The molecule has 0 amide bonds. The SMILES string of the molecule is [O-]Br.[O-]Br.[O-]Br.[O-]Br.[O-]Br.[O-]Br.[W+6]. The van der Waals surface area contributed by atoms with Crippen molar-refractivity contribution in [2.75, 3.05) is 0 Å². The Hall–Kier alpha value is 3.33. The molecule has 0 bridgehead atoms. The van der Waals surface area contributed by atoms with Gasteiger partial charge in [0.2, 0.25) is 0 Å². The van der Waals surface area contributed by atoms with E-state index in [0.717, 1.165) is 0 Å². The third-order valence-electron chi connectivity index (χ3n) is 0. The molecule has 0 saturated heterocycles. The van der Waals surface area contributed by atoms with Gasteiger partial charge >= 0.3 is 21.1 Å². The summed E-state index contributed by atoms with van der Waals surface area (Å²) < 4.78 is 48.4. The Labute approximate surface area is 142 Å². The van der Waals surface area contributed by atoms with Crippen LogP contribution in [-0.4, -0.2) is 0 Å². The number of hydrogen-bond donors (Lipinski definition) is 0. The molecule has 0 aromatic heterocycles. The number of hydrogen-bond acceptors (Lipinski definition) is 6. The topological polar surface area (TPSA) is 138 Å². The minimum Gasteiger partial charge on any atom is -0.791 e. The first-order valence-corrected chi connectivity index (χ1v) is 4.81. The zero-order valence-corrected chi connectivity index (χ0v) is 17.6. The molecule has 6 nitrogen and oxygen atoms in total. The number of halogens is 6. The standard InChI is InChI=1S/6BrO.W/c6*1-2;/q6*-1;+6. The summed E-state index contributed by atoms with van der Waals surface area (Å²) in [6.07, 6.45) is 0. The van der Waals surface area contributed by atoms with Crippen molar-refractivity contribution < 1.29 is 46.3 Å². The summed E-state index contributed by atoms with van der Waals surface area (Å²) in [6, 6.07) is 0. The van der Waals surface area contributed by atoms with Crippen LogP contribution in [0.3, 0.4) is 0 Å². The van der Waals surface area contributed by atoms with Crippen molar-refractivity contribution in [3.05, 3.63) is 0 Å². The second-order valence-corrected chi connectivity index (χ2v) is 0. The van der Waals surface area contributed by atoms with E-state index in [1.807, 2.05) is 0 Å². The molecule has 84 valence electrons. The summed E-state index contributed by atoms with van der Waals surface area (Å²) in [6.45, 7) is 0. The van der Waals surface area contributed by atoms with Crippen LogP contribution in [-0.2, 0) is 21.1 Å². The normalized spacial score (nSPS) is 2.77. The van der Waals surface area contributed by atoms with Crippen LogP contribution in [0.5, 0.6) is 0 Å². The van der Waals surface area contributed by atoms with E-state index in [4.69, 9.17) is 25.2 Å². The Morgan fingerprint density at radius 2 is 0.308 bits per heavy atom. The van der Waals surface area contributed by atoms with E-state index in [9.17, 15) is 0 Å². The quantitative estimate of drug-likeness (QED) is 0.279. The maximum atomic E-state index is 8.06. The average Bonchev–Trinajstić information content (AvgIpc) is 2.33. The van der Waals surface area contributed by atoms with Crippen molar-refractivity contribution in [1.82, 2.24) is 0 Å². The van der Waals surface area contributed by atoms with E-state index in [1.54, 1.807) is 97.6 Å².